The summed E-state index contributed by atoms with van der Waals surface area (Å²) in [5, 5.41) is 3.08. The molecule has 2 aromatic carbocycles. The van der Waals surface area contributed by atoms with Crippen LogP contribution in [0.2, 0.25) is 10.0 Å². The molecular weight excluding hydrogens is 565 g/mol. The normalized spacial score (nSPS) is 19.7. The first-order valence-electron chi connectivity index (χ1n) is 8.84. The van der Waals surface area contributed by atoms with Crippen molar-refractivity contribution < 1.29 is 22.8 Å². The minimum absolute atomic E-state index is 0.00970. The summed E-state index contributed by atoms with van der Waals surface area (Å²) >= 11 is 27.9. The summed E-state index contributed by atoms with van der Waals surface area (Å²) in [4.78, 5) is 24.9. The van der Waals surface area contributed by atoms with Crippen molar-refractivity contribution in [2.24, 2.45) is 5.92 Å². The molecule has 0 aliphatic heterocycles. The van der Waals surface area contributed by atoms with Gasteiger partial charge in [0.15, 0.2) is 5.78 Å². The zero-order valence-corrected chi connectivity index (χ0v) is 20.0. The van der Waals surface area contributed by atoms with E-state index in [2.05, 4.69) is 21.2 Å². The van der Waals surface area contributed by atoms with Crippen molar-refractivity contribution in [2.45, 2.75) is 29.3 Å². The van der Waals surface area contributed by atoms with E-state index >= 15 is 0 Å². The fourth-order valence-electron chi connectivity index (χ4n) is 3.20. The van der Waals surface area contributed by atoms with Crippen molar-refractivity contribution in [3.63, 3.8) is 0 Å². The van der Waals surface area contributed by atoms with Crippen LogP contribution in [0.3, 0.4) is 0 Å². The van der Waals surface area contributed by atoms with Crippen molar-refractivity contribution in [1.82, 2.24) is 0 Å². The highest BCUT2D eigenvalue weighted by molar-refractivity contribution is 9.10. The van der Waals surface area contributed by atoms with Gasteiger partial charge in [-0.15, -0.1) is 23.2 Å². The van der Waals surface area contributed by atoms with Crippen molar-refractivity contribution in [3.8, 4) is 0 Å². The Morgan fingerprint density at radius 2 is 1.71 bits per heavy atom. The van der Waals surface area contributed by atoms with E-state index in [1.54, 1.807) is 18.2 Å². The van der Waals surface area contributed by atoms with Crippen LogP contribution >= 0.6 is 62.3 Å². The summed E-state index contributed by atoms with van der Waals surface area (Å²) in [6.07, 6.45) is -6.47. The first-order valence-corrected chi connectivity index (χ1v) is 11.1. The number of benzene rings is 2. The minimum Gasteiger partial charge on any atom is -0.326 e. The molecule has 2 atom stereocenters. The Hall–Kier alpha value is -0.990. The van der Waals surface area contributed by atoms with Crippen molar-refractivity contribution in [2.75, 3.05) is 5.32 Å². The second-order valence-electron chi connectivity index (χ2n) is 7.03. The van der Waals surface area contributed by atoms with Crippen LogP contribution in [0.25, 0.3) is 0 Å². The lowest BCUT2D eigenvalue weighted by molar-refractivity contribution is -0.133. The number of halogens is 8. The maximum absolute atomic E-state index is 12.8. The van der Waals surface area contributed by atoms with Crippen molar-refractivity contribution in [3.05, 3.63) is 62.0 Å². The van der Waals surface area contributed by atoms with E-state index in [-0.39, 0.29) is 16.3 Å². The van der Waals surface area contributed by atoms with Crippen LogP contribution in [0, 0.1) is 5.92 Å². The third kappa shape index (κ3) is 5.69. The molecule has 0 heterocycles. The molecule has 1 aliphatic rings. The smallest absolute Gasteiger partial charge is 0.326 e. The highest BCUT2D eigenvalue weighted by atomic mass is 79.9. The highest BCUT2D eigenvalue weighted by Crippen LogP contribution is 2.65. The summed E-state index contributed by atoms with van der Waals surface area (Å²) in [7, 11) is 0. The first kappa shape index (κ1) is 24.6. The Balaban J connectivity index is 1.74. The summed E-state index contributed by atoms with van der Waals surface area (Å²) < 4.78 is 36.5. The second-order valence-corrected chi connectivity index (χ2v) is 10.1. The molecule has 3 rings (SSSR count). The van der Waals surface area contributed by atoms with Crippen molar-refractivity contribution >= 4 is 79.7 Å². The number of Topliss-reactive ketones (excluding diaryl/α,β-unsaturated/α-hetero) is 1. The van der Waals surface area contributed by atoms with Gasteiger partial charge in [-0.1, -0.05) is 29.3 Å². The minimum atomic E-state index is -4.46. The maximum Gasteiger partial charge on any atom is 0.389 e. The lowest BCUT2D eigenvalue weighted by atomic mass is 10.1. The van der Waals surface area contributed by atoms with Gasteiger partial charge in [0.1, 0.15) is 4.33 Å². The fourth-order valence-corrected chi connectivity index (χ4v) is 4.77. The van der Waals surface area contributed by atoms with E-state index in [4.69, 9.17) is 46.4 Å². The van der Waals surface area contributed by atoms with Gasteiger partial charge in [-0.3, -0.25) is 9.59 Å². The third-order valence-electron chi connectivity index (χ3n) is 4.81. The number of carbonyl (C=O) groups excluding carboxylic acids is 2. The molecule has 11 heteroatoms. The molecule has 0 spiro atoms. The molecule has 3 nitrogen and oxygen atoms in total. The Morgan fingerprint density at radius 1 is 1.06 bits per heavy atom. The summed E-state index contributed by atoms with van der Waals surface area (Å²) in [5.74, 6) is -2.57. The average Bonchev–Trinajstić information content (AvgIpc) is 3.25. The Kier molecular flexibility index (Phi) is 7.24. The van der Waals surface area contributed by atoms with Gasteiger partial charge >= 0.3 is 6.18 Å². The van der Waals surface area contributed by atoms with Gasteiger partial charge in [0.2, 0.25) is 5.91 Å². The molecule has 1 N–H and O–H groups in total. The molecule has 0 bridgehead atoms. The fraction of sp³-hybridized carbons (Fsp3) is 0.300. The molecule has 1 saturated carbocycles. The molecule has 31 heavy (non-hydrogen) atoms. The Labute approximate surface area is 204 Å². The summed E-state index contributed by atoms with van der Waals surface area (Å²) in [6.45, 7) is 0. The molecule has 0 radical (unpaired) electrons. The molecule has 2 unspecified atom stereocenters. The van der Waals surface area contributed by atoms with Crippen LogP contribution in [-0.4, -0.2) is 22.2 Å². The largest absolute Gasteiger partial charge is 0.389 e. The van der Waals surface area contributed by atoms with Crippen LogP contribution in [-0.2, 0) is 4.79 Å². The number of nitrogens with one attached hydrogen (secondary N) is 1. The average molecular weight is 578 g/mol. The zero-order chi connectivity index (χ0) is 23.1. The zero-order valence-electron chi connectivity index (χ0n) is 15.4. The molecule has 2 aromatic rings. The third-order valence-corrected chi connectivity index (χ3v) is 7.29. The molecule has 0 aromatic heterocycles. The molecule has 1 fully saturated rings. The lowest BCUT2D eigenvalue weighted by Crippen LogP contribution is -2.17. The second kappa shape index (κ2) is 9.10. The lowest BCUT2D eigenvalue weighted by Gasteiger charge is -2.10. The number of carbonyl (C=O) groups is 2. The maximum atomic E-state index is 12.8. The summed E-state index contributed by atoms with van der Waals surface area (Å²) in [5.41, 5.74) is 0.790. The molecule has 1 aliphatic carbocycles. The van der Waals surface area contributed by atoms with Crippen LogP contribution in [0.4, 0.5) is 18.9 Å². The molecule has 166 valence electrons. The van der Waals surface area contributed by atoms with Crippen LogP contribution in [0.15, 0.2) is 40.9 Å². The van der Waals surface area contributed by atoms with Gasteiger partial charge in [0.25, 0.3) is 0 Å². The Morgan fingerprint density at radius 3 is 2.32 bits per heavy atom. The topological polar surface area (TPSA) is 46.2 Å². The van der Waals surface area contributed by atoms with E-state index in [1.165, 1.54) is 18.2 Å². The first-order chi connectivity index (χ1) is 14.3. The van der Waals surface area contributed by atoms with Crippen LogP contribution < -0.4 is 5.32 Å². The van der Waals surface area contributed by atoms with Gasteiger partial charge < -0.3 is 5.32 Å². The molecule has 0 saturated heterocycles. The number of hydrogen-bond acceptors (Lipinski definition) is 2. The predicted molar refractivity (Wildman–Crippen MR) is 120 cm³/mol. The van der Waals surface area contributed by atoms with Gasteiger partial charge in [-0.05, 0) is 51.8 Å². The van der Waals surface area contributed by atoms with Gasteiger partial charge in [-0.25, -0.2) is 0 Å². The number of ketones is 1. The number of hydrogen-bond donors (Lipinski definition) is 1. The number of alkyl halides is 5. The van der Waals surface area contributed by atoms with Gasteiger partial charge in [0.05, 0.1) is 22.4 Å². The Bertz CT molecular complexity index is 1050. The monoisotopic (exact) mass is 575 g/mol. The van der Waals surface area contributed by atoms with Crippen LogP contribution in [0.1, 0.15) is 34.7 Å². The van der Waals surface area contributed by atoms with Crippen molar-refractivity contribution in [1.29, 1.82) is 0 Å². The predicted octanol–water partition coefficient (Wildman–Crippen LogP) is 7.81. The van der Waals surface area contributed by atoms with Gasteiger partial charge in [-0.2, -0.15) is 13.2 Å². The number of anilines is 1. The van der Waals surface area contributed by atoms with Gasteiger partial charge in [0, 0.05) is 28.1 Å². The van der Waals surface area contributed by atoms with Crippen LogP contribution in [0.5, 0.6) is 0 Å². The standard InChI is InChI=1S/C20H13BrCl4F3NO2/c21-12-7-9(1-3-14(12)23)16-17(20(16,24)25)18(31)29-10-2-4-13(22)11(8-10)15(30)5-6-19(26,27)28/h1-4,7-8,16-17H,5-6H2,(H,29,31). The van der Waals surface area contributed by atoms with E-state index in [1.807, 2.05) is 0 Å². The number of rotatable bonds is 6. The van der Waals surface area contributed by atoms with E-state index in [0.29, 0.717) is 15.1 Å². The number of amides is 1. The quantitative estimate of drug-likeness (QED) is 0.281. The molecular formula is C20H13BrCl4F3NO2. The van der Waals surface area contributed by atoms with E-state index in [9.17, 15) is 22.8 Å². The van der Waals surface area contributed by atoms with E-state index < -0.39 is 46.9 Å². The highest BCUT2D eigenvalue weighted by Gasteiger charge is 2.67. The van der Waals surface area contributed by atoms with E-state index in [0.717, 1.165) is 0 Å². The molecule has 1 amide bonds. The summed E-state index contributed by atoms with van der Waals surface area (Å²) in [6, 6.07) is 9.08. The SMILES string of the molecule is O=C(CCC(F)(F)F)c1cc(NC(=O)C2C(c3ccc(Cl)c(Br)c3)C2(Cl)Cl)ccc1Cl.